The average Bonchev–Trinajstić information content (AvgIpc) is 1.86. The summed E-state index contributed by atoms with van der Waals surface area (Å²) in [5.41, 5.74) is 0. The van der Waals surface area contributed by atoms with Crippen molar-refractivity contribution in [3.63, 3.8) is 0 Å². The third kappa shape index (κ3) is 0.763. The molecule has 0 fully saturated rings. The first kappa shape index (κ1) is 4.22. The van der Waals surface area contributed by atoms with E-state index in [2.05, 4.69) is 10.2 Å². The summed E-state index contributed by atoms with van der Waals surface area (Å²) < 4.78 is 5.41. The van der Waals surface area contributed by atoms with Gasteiger partial charge in [0.15, 0.2) is 0 Å². The monoisotopic (exact) mass is 200 g/mol. The van der Waals surface area contributed by atoms with Gasteiger partial charge < -0.3 is 0 Å². The van der Waals surface area contributed by atoms with Gasteiger partial charge >= 0.3 is 47.4 Å². The van der Waals surface area contributed by atoms with Crippen molar-refractivity contribution in [2.75, 3.05) is 6.73 Å². The molecule has 1 heterocycles. The van der Waals surface area contributed by atoms with Gasteiger partial charge in [-0.25, -0.2) is 0 Å². The first-order valence-electron chi connectivity index (χ1n) is 1.44. The van der Waals surface area contributed by atoms with E-state index in [1.54, 1.807) is 21.8 Å². The molecular formula is C2H2N2OTe. The summed E-state index contributed by atoms with van der Waals surface area (Å²) in [6.45, 7) is 0.411. The van der Waals surface area contributed by atoms with Gasteiger partial charge in [0.1, 0.15) is 0 Å². The zero-order valence-electron chi connectivity index (χ0n) is 2.92. The Balaban J connectivity index is 2.59. The molecule has 0 atom stereocenters. The number of azo groups is 1. The molecule has 0 aromatic carbocycles. The van der Waals surface area contributed by atoms with E-state index in [1.165, 1.54) is 0 Å². The Morgan fingerprint density at radius 1 is 1.83 bits per heavy atom. The van der Waals surface area contributed by atoms with Crippen LogP contribution in [0.5, 0.6) is 0 Å². The van der Waals surface area contributed by atoms with Crippen molar-refractivity contribution < 1.29 is 4.74 Å². The molecular weight excluding hydrogens is 196 g/mol. The molecule has 4 heteroatoms. The molecule has 0 aromatic rings. The van der Waals surface area contributed by atoms with Crippen LogP contribution in [-0.2, 0) is 4.74 Å². The van der Waals surface area contributed by atoms with Gasteiger partial charge in [-0.2, -0.15) is 0 Å². The van der Waals surface area contributed by atoms with E-state index in [0.717, 1.165) is 0 Å². The van der Waals surface area contributed by atoms with Gasteiger partial charge in [-0.15, -0.1) is 0 Å². The van der Waals surface area contributed by atoms with Crippen LogP contribution in [0.1, 0.15) is 0 Å². The van der Waals surface area contributed by atoms with Crippen LogP contribution in [0.15, 0.2) is 10.2 Å². The molecule has 32 valence electrons. The molecule has 0 bridgehead atoms. The second-order valence-corrected chi connectivity index (χ2v) is 1.78. The molecule has 1 aliphatic rings. The Kier molecular flexibility index (Phi) is 1.18. The van der Waals surface area contributed by atoms with Crippen molar-refractivity contribution in [2.45, 2.75) is 0 Å². The van der Waals surface area contributed by atoms with Gasteiger partial charge in [0.25, 0.3) is 0 Å². The van der Waals surface area contributed by atoms with Crippen LogP contribution in [0.2, 0.25) is 0 Å². The second-order valence-electron chi connectivity index (χ2n) is 0.781. The van der Waals surface area contributed by atoms with Gasteiger partial charge in [0.2, 0.25) is 0 Å². The average molecular weight is 198 g/mol. The maximum absolute atomic E-state index is 4.74. The molecule has 0 saturated carbocycles. The fourth-order valence-corrected chi connectivity index (χ4v) is 0.515. The standard InChI is InChI=1S/C2H2N2OTe/c6-2-4-3-1-5-2/h1H2. The fraction of sp³-hybridized carbons (Fsp3) is 0.500. The number of hydrogen-bond acceptors (Lipinski definition) is 3. The van der Waals surface area contributed by atoms with Gasteiger partial charge in [0.05, 0.1) is 0 Å². The Morgan fingerprint density at radius 2 is 2.67 bits per heavy atom. The van der Waals surface area contributed by atoms with E-state index in [4.69, 9.17) is 4.74 Å². The molecule has 6 heavy (non-hydrogen) atoms. The summed E-state index contributed by atoms with van der Waals surface area (Å²) in [5.74, 6) is 0. The molecule has 3 nitrogen and oxygen atoms in total. The molecule has 0 spiro atoms. The van der Waals surface area contributed by atoms with E-state index < -0.39 is 0 Å². The zero-order valence-corrected chi connectivity index (χ0v) is 5.25. The summed E-state index contributed by atoms with van der Waals surface area (Å²) in [7, 11) is 0. The second kappa shape index (κ2) is 1.67. The quantitative estimate of drug-likeness (QED) is 0.491. The predicted octanol–water partition coefficient (Wildman–Crippen LogP) is -0.318. The van der Waals surface area contributed by atoms with Crippen LogP contribution in [0.4, 0.5) is 0 Å². The number of ether oxygens (including phenoxy) is 1. The zero-order chi connectivity index (χ0) is 4.41. The molecule has 0 amide bonds. The first-order chi connectivity index (χ1) is 2.89. The molecule has 0 saturated heterocycles. The molecule has 1 rings (SSSR count). The Morgan fingerprint density at radius 3 is 2.83 bits per heavy atom. The summed E-state index contributed by atoms with van der Waals surface area (Å²) in [5, 5.41) is 7.09. The summed E-state index contributed by atoms with van der Waals surface area (Å²) >= 11 is 1.71. The normalized spacial score (nSPS) is 18.3. The molecule has 0 aliphatic carbocycles. The molecule has 0 unspecified atom stereocenters. The molecule has 0 N–H and O–H groups in total. The minimum absolute atomic E-state index is 0.411. The fourth-order valence-electron chi connectivity index (χ4n) is 0.200. The third-order valence-electron chi connectivity index (χ3n) is 0.398. The number of nitrogens with zero attached hydrogens (tertiary/aromatic N) is 2. The predicted molar refractivity (Wildman–Crippen MR) is 21.6 cm³/mol. The van der Waals surface area contributed by atoms with E-state index in [9.17, 15) is 0 Å². The number of hydrogen-bond donors (Lipinski definition) is 0. The number of rotatable bonds is 0. The molecule has 0 aromatic heterocycles. The van der Waals surface area contributed by atoms with E-state index in [0.29, 0.717) is 10.6 Å². The van der Waals surface area contributed by atoms with E-state index in [1.807, 2.05) is 0 Å². The molecule has 0 radical (unpaired) electrons. The van der Waals surface area contributed by atoms with E-state index in [-0.39, 0.29) is 0 Å². The SMILES string of the molecule is [Te]=C1N=NCO1. The van der Waals surface area contributed by atoms with Crippen molar-refractivity contribution >= 4 is 25.7 Å². The summed E-state index contributed by atoms with van der Waals surface area (Å²) in [4.78, 5) is 0. The van der Waals surface area contributed by atoms with Gasteiger partial charge in [-0.3, -0.25) is 0 Å². The van der Waals surface area contributed by atoms with Crippen molar-refractivity contribution in [3.8, 4) is 0 Å². The first-order valence-corrected chi connectivity index (χ1v) is 2.60. The Hall–Kier alpha value is 0.0596. The Bertz CT molecular complexity index is 99.7. The van der Waals surface area contributed by atoms with Gasteiger partial charge in [0, 0.05) is 0 Å². The van der Waals surface area contributed by atoms with Crippen molar-refractivity contribution in [3.05, 3.63) is 0 Å². The van der Waals surface area contributed by atoms with Crippen LogP contribution in [0.25, 0.3) is 0 Å². The van der Waals surface area contributed by atoms with Crippen LogP contribution >= 0.6 is 0 Å². The van der Waals surface area contributed by atoms with E-state index >= 15 is 0 Å². The van der Waals surface area contributed by atoms with Gasteiger partial charge in [-0.1, -0.05) is 0 Å². The maximum atomic E-state index is 4.74. The van der Waals surface area contributed by atoms with Crippen molar-refractivity contribution in [1.82, 2.24) is 0 Å². The van der Waals surface area contributed by atoms with Crippen molar-refractivity contribution in [2.24, 2.45) is 10.2 Å². The van der Waals surface area contributed by atoms with Crippen molar-refractivity contribution in [1.29, 1.82) is 0 Å². The summed E-state index contributed by atoms with van der Waals surface area (Å²) in [6.07, 6.45) is 0. The Labute approximate surface area is 47.8 Å². The van der Waals surface area contributed by atoms with Crippen LogP contribution in [-0.4, -0.2) is 32.4 Å². The molecule has 1 aliphatic heterocycles. The van der Waals surface area contributed by atoms with Gasteiger partial charge in [-0.05, 0) is 0 Å². The van der Waals surface area contributed by atoms with Crippen LogP contribution < -0.4 is 0 Å². The summed E-state index contributed by atoms with van der Waals surface area (Å²) in [6, 6.07) is 0. The van der Waals surface area contributed by atoms with Crippen LogP contribution in [0.3, 0.4) is 0 Å². The third-order valence-corrected chi connectivity index (χ3v) is 0.968. The van der Waals surface area contributed by atoms with Crippen LogP contribution in [0, 0.1) is 0 Å². The topological polar surface area (TPSA) is 34.0 Å². The minimum atomic E-state index is 0.411.